The smallest absolute Gasteiger partial charge is 0.339 e. The standard InChI is InChI=1S/C14H10O5/c15-12(6-4-10-2-1-7-19-10)9-3-5-13(16)11(8-9)14(17)18/h1-8,16H,(H,17,18)/b6-4-. The molecule has 96 valence electrons. The number of carbonyl (C=O) groups excluding carboxylic acids is 1. The van der Waals surface area contributed by atoms with Crippen molar-refractivity contribution in [3.8, 4) is 5.75 Å². The summed E-state index contributed by atoms with van der Waals surface area (Å²) in [6, 6.07) is 7.04. The molecule has 0 fully saturated rings. The van der Waals surface area contributed by atoms with Crippen molar-refractivity contribution in [2.24, 2.45) is 0 Å². The van der Waals surface area contributed by atoms with E-state index >= 15 is 0 Å². The van der Waals surface area contributed by atoms with E-state index in [9.17, 15) is 14.7 Å². The first kappa shape index (κ1) is 12.6. The van der Waals surface area contributed by atoms with Crippen LogP contribution >= 0.6 is 0 Å². The van der Waals surface area contributed by atoms with Crippen LogP contribution in [-0.2, 0) is 0 Å². The first-order valence-corrected chi connectivity index (χ1v) is 5.40. The number of benzene rings is 1. The number of rotatable bonds is 4. The Kier molecular flexibility index (Phi) is 3.47. The summed E-state index contributed by atoms with van der Waals surface area (Å²) in [5.74, 6) is -1.52. The average Bonchev–Trinajstić information content (AvgIpc) is 2.89. The molecule has 0 radical (unpaired) electrons. The summed E-state index contributed by atoms with van der Waals surface area (Å²) in [6.07, 6.45) is 4.24. The molecule has 2 N–H and O–H groups in total. The molecule has 0 saturated heterocycles. The van der Waals surface area contributed by atoms with Gasteiger partial charge in [-0.2, -0.15) is 0 Å². The number of aromatic hydroxyl groups is 1. The molecule has 19 heavy (non-hydrogen) atoms. The van der Waals surface area contributed by atoms with Gasteiger partial charge < -0.3 is 14.6 Å². The Labute approximate surface area is 108 Å². The highest BCUT2D eigenvalue weighted by molar-refractivity contribution is 6.08. The SMILES string of the molecule is O=C(/C=C\c1ccco1)c1ccc(O)c(C(=O)O)c1. The number of hydrogen-bond acceptors (Lipinski definition) is 4. The van der Waals surface area contributed by atoms with E-state index in [-0.39, 0.29) is 22.7 Å². The van der Waals surface area contributed by atoms with Crippen LogP contribution in [0.2, 0.25) is 0 Å². The van der Waals surface area contributed by atoms with Gasteiger partial charge in [0.05, 0.1) is 6.26 Å². The van der Waals surface area contributed by atoms with Crippen molar-refractivity contribution in [2.75, 3.05) is 0 Å². The number of allylic oxidation sites excluding steroid dienone is 1. The maximum absolute atomic E-state index is 11.8. The van der Waals surface area contributed by atoms with Crippen molar-refractivity contribution in [1.82, 2.24) is 0 Å². The van der Waals surface area contributed by atoms with Crippen molar-refractivity contribution >= 4 is 17.8 Å². The van der Waals surface area contributed by atoms with Crippen LogP contribution in [0, 0.1) is 0 Å². The molecule has 0 aliphatic carbocycles. The molecule has 0 amide bonds. The van der Waals surface area contributed by atoms with Crippen molar-refractivity contribution < 1.29 is 24.2 Å². The monoisotopic (exact) mass is 258 g/mol. The lowest BCUT2D eigenvalue weighted by Crippen LogP contribution is -2.01. The summed E-state index contributed by atoms with van der Waals surface area (Å²) in [5.41, 5.74) is -0.129. The third-order valence-electron chi connectivity index (χ3n) is 2.45. The van der Waals surface area contributed by atoms with Crippen LogP contribution in [0.25, 0.3) is 6.08 Å². The highest BCUT2D eigenvalue weighted by atomic mass is 16.4. The molecule has 1 aromatic heterocycles. The van der Waals surface area contributed by atoms with Gasteiger partial charge in [-0.15, -0.1) is 0 Å². The van der Waals surface area contributed by atoms with E-state index in [4.69, 9.17) is 9.52 Å². The first-order chi connectivity index (χ1) is 9.08. The highest BCUT2D eigenvalue weighted by Crippen LogP contribution is 2.19. The largest absolute Gasteiger partial charge is 0.507 e. The molecule has 0 aliphatic rings. The number of ketones is 1. The third kappa shape index (κ3) is 2.90. The van der Waals surface area contributed by atoms with Crippen LogP contribution in [0.3, 0.4) is 0 Å². The van der Waals surface area contributed by atoms with Crippen LogP contribution in [0.1, 0.15) is 26.5 Å². The van der Waals surface area contributed by atoms with Gasteiger partial charge in [-0.3, -0.25) is 4.79 Å². The zero-order valence-corrected chi connectivity index (χ0v) is 9.74. The van der Waals surface area contributed by atoms with E-state index in [1.54, 1.807) is 12.1 Å². The van der Waals surface area contributed by atoms with E-state index in [2.05, 4.69) is 0 Å². The van der Waals surface area contributed by atoms with Gasteiger partial charge in [-0.25, -0.2) is 4.79 Å². The van der Waals surface area contributed by atoms with Gasteiger partial charge >= 0.3 is 5.97 Å². The van der Waals surface area contributed by atoms with Crippen LogP contribution in [0.5, 0.6) is 5.75 Å². The van der Waals surface area contributed by atoms with Gasteiger partial charge in [0.25, 0.3) is 0 Å². The van der Waals surface area contributed by atoms with Gasteiger partial charge in [-0.1, -0.05) is 0 Å². The zero-order chi connectivity index (χ0) is 13.8. The Morgan fingerprint density at radius 2 is 2.00 bits per heavy atom. The predicted molar refractivity (Wildman–Crippen MR) is 67.1 cm³/mol. The van der Waals surface area contributed by atoms with Gasteiger partial charge in [0, 0.05) is 5.56 Å². The minimum Gasteiger partial charge on any atom is -0.507 e. The molecule has 0 bridgehead atoms. The molecule has 1 aromatic carbocycles. The minimum atomic E-state index is -1.29. The van der Waals surface area contributed by atoms with E-state index < -0.39 is 5.97 Å². The van der Waals surface area contributed by atoms with Crippen LogP contribution in [0.15, 0.2) is 47.1 Å². The fraction of sp³-hybridized carbons (Fsp3) is 0. The first-order valence-electron chi connectivity index (χ1n) is 5.40. The fourth-order valence-electron chi connectivity index (χ4n) is 1.50. The van der Waals surface area contributed by atoms with Crippen LogP contribution < -0.4 is 0 Å². The molecule has 0 saturated carbocycles. The predicted octanol–water partition coefficient (Wildman–Crippen LogP) is 2.58. The van der Waals surface area contributed by atoms with Crippen molar-refractivity contribution in [2.45, 2.75) is 0 Å². The van der Waals surface area contributed by atoms with E-state index in [0.29, 0.717) is 5.76 Å². The van der Waals surface area contributed by atoms with Crippen molar-refractivity contribution in [1.29, 1.82) is 0 Å². The number of aromatic carboxylic acids is 1. The highest BCUT2D eigenvalue weighted by Gasteiger charge is 2.12. The molecule has 5 heteroatoms. The Bertz CT molecular complexity index is 638. The summed E-state index contributed by atoms with van der Waals surface area (Å²) >= 11 is 0. The van der Waals surface area contributed by atoms with E-state index in [0.717, 1.165) is 6.07 Å². The second kappa shape index (κ2) is 5.22. The molecule has 0 atom stereocenters. The number of carboxylic acids is 1. The molecule has 1 heterocycles. The lowest BCUT2D eigenvalue weighted by atomic mass is 10.1. The van der Waals surface area contributed by atoms with Crippen LogP contribution in [0.4, 0.5) is 0 Å². The molecule has 0 spiro atoms. The number of carbonyl (C=O) groups is 2. The third-order valence-corrected chi connectivity index (χ3v) is 2.45. The summed E-state index contributed by atoms with van der Waals surface area (Å²) in [6.45, 7) is 0. The summed E-state index contributed by atoms with van der Waals surface area (Å²) < 4.78 is 5.03. The Morgan fingerprint density at radius 1 is 1.21 bits per heavy atom. The lowest BCUT2D eigenvalue weighted by molar-refractivity contribution is 0.0693. The van der Waals surface area contributed by atoms with E-state index in [1.165, 1.54) is 30.5 Å². The van der Waals surface area contributed by atoms with Crippen molar-refractivity contribution in [3.05, 3.63) is 59.6 Å². The summed E-state index contributed by atoms with van der Waals surface area (Å²) in [7, 11) is 0. The van der Waals surface area contributed by atoms with E-state index in [1.807, 2.05) is 0 Å². The minimum absolute atomic E-state index is 0.179. The second-order valence-electron chi connectivity index (χ2n) is 3.75. The Morgan fingerprint density at radius 3 is 2.63 bits per heavy atom. The Balaban J connectivity index is 2.24. The molecule has 5 nitrogen and oxygen atoms in total. The van der Waals surface area contributed by atoms with Gasteiger partial charge in [0.15, 0.2) is 5.78 Å². The maximum Gasteiger partial charge on any atom is 0.339 e. The number of phenols is 1. The summed E-state index contributed by atoms with van der Waals surface area (Å²) in [5, 5.41) is 18.2. The zero-order valence-electron chi connectivity index (χ0n) is 9.74. The molecule has 0 aliphatic heterocycles. The van der Waals surface area contributed by atoms with Gasteiger partial charge in [-0.05, 0) is 42.5 Å². The number of carboxylic acid groups (broad SMARTS) is 1. The summed E-state index contributed by atoms with van der Waals surface area (Å²) in [4.78, 5) is 22.7. The van der Waals surface area contributed by atoms with Gasteiger partial charge in [0.2, 0.25) is 0 Å². The average molecular weight is 258 g/mol. The molecule has 0 unspecified atom stereocenters. The second-order valence-corrected chi connectivity index (χ2v) is 3.75. The molecular formula is C14H10O5. The molecular weight excluding hydrogens is 248 g/mol. The van der Waals surface area contributed by atoms with Crippen LogP contribution in [-0.4, -0.2) is 22.0 Å². The quantitative estimate of drug-likeness (QED) is 0.650. The topological polar surface area (TPSA) is 87.7 Å². The lowest BCUT2D eigenvalue weighted by Gasteiger charge is -2.01. The number of furan rings is 1. The molecule has 2 aromatic rings. The van der Waals surface area contributed by atoms with Gasteiger partial charge in [0.1, 0.15) is 17.1 Å². The van der Waals surface area contributed by atoms with Crippen molar-refractivity contribution in [3.63, 3.8) is 0 Å². The normalized spacial score (nSPS) is 10.7. The maximum atomic E-state index is 11.8. The molecule has 2 rings (SSSR count). The number of hydrogen-bond donors (Lipinski definition) is 2. The fourth-order valence-corrected chi connectivity index (χ4v) is 1.50. The Hall–Kier alpha value is -2.82.